The molecule has 0 fully saturated rings. The number of carbonyl (C=O) groups is 2. The lowest BCUT2D eigenvalue weighted by Crippen LogP contribution is -2.31. The summed E-state index contributed by atoms with van der Waals surface area (Å²) in [7, 11) is 3.06. The fourth-order valence-corrected chi connectivity index (χ4v) is 3.45. The first-order valence-electron chi connectivity index (χ1n) is 9.39. The zero-order valence-corrected chi connectivity index (χ0v) is 17.6. The number of benzene rings is 2. The second-order valence-electron chi connectivity index (χ2n) is 6.72. The molecule has 0 saturated carbocycles. The second-order valence-corrected chi connectivity index (χ2v) is 7.16. The van der Waals surface area contributed by atoms with Gasteiger partial charge < -0.3 is 19.2 Å². The molecule has 0 unspecified atom stereocenters. The van der Waals surface area contributed by atoms with Gasteiger partial charge in [0.05, 0.1) is 38.3 Å². The number of methoxy groups -OCH3 is 2. The fourth-order valence-electron chi connectivity index (χ4n) is 3.32. The Bertz CT molecular complexity index is 1150. The first-order chi connectivity index (χ1) is 15.0. The van der Waals surface area contributed by atoms with Crippen LogP contribution in [0, 0.1) is 0 Å². The molecule has 31 heavy (non-hydrogen) atoms. The van der Waals surface area contributed by atoms with Crippen LogP contribution in [-0.4, -0.2) is 30.9 Å². The molecule has 1 N–H and O–H groups in total. The SMILES string of the molecule is COc1ccc(OC)c(NC2=C(c3ccc(Cl)cc3)C(=O)N(Cc3ccco3)C2=O)c1. The Morgan fingerprint density at radius 3 is 2.42 bits per heavy atom. The predicted octanol–water partition coefficient (Wildman–Crippen LogP) is 4.34. The lowest BCUT2D eigenvalue weighted by Gasteiger charge is -2.15. The molecule has 0 spiro atoms. The van der Waals surface area contributed by atoms with Crippen molar-refractivity contribution in [3.63, 3.8) is 0 Å². The highest BCUT2D eigenvalue weighted by atomic mass is 35.5. The van der Waals surface area contributed by atoms with E-state index in [4.69, 9.17) is 25.5 Å². The minimum absolute atomic E-state index is 0.0161. The summed E-state index contributed by atoms with van der Waals surface area (Å²) in [4.78, 5) is 27.7. The van der Waals surface area contributed by atoms with Crippen molar-refractivity contribution in [3.05, 3.63) is 82.9 Å². The first-order valence-corrected chi connectivity index (χ1v) is 9.77. The van der Waals surface area contributed by atoms with Crippen molar-refractivity contribution >= 4 is 34.7 Å². The quantitative estimate of drug-likeness (QED) is 0.552. The molecule has 0 saturated heterocycles. The molecule has 3 aromatic rings. The topological polar surface area (TPSA) is 81.0 Å². The van der Waals surface area contributed by atoms with Crippen LogP contribution in [0.15, 0.2) is 71.0 Å². The largest absolute Gasteiger partial charge is 0.497 e. The van der Waals surface area contributed by atoms with Crippen LogP contribution in [0.25, 0.3) is 5.57 Å². The summed E-state index contributed by atoms with van der Waals surface area (Å²) >= 11 is 6.01. The molecule has 0 aliphatic carbocycles. The molecule has 8 heteroatoms. The molecule has 2 amide bonds. The van der Waals surface area contributed by atoms with Gasteiger partial charge in [0.2, 0.25) is 0 Å². The smallest absolute Gasteiger partial charge is 0.278 e. The monoisotopic (exact) mass is 438 g/mol. The number of furan rings is 1. The van der Waals surface area contributed by atoms with E-state index in [0.29, 0.717) is 33.5 Å². The summed E-state index contributed by atoms with van der Waals surface area (Å²) < 4.78 is 16.0. The second kappa shape index (κ2) is 8.57. The van der Waals surface area contributed by atoms with Crippen LogP contribution in [0.5, 0.6) is 11.5 Å². The number of hydrogen-bond acceptors (Lipinski definition) is 6. The third-order valence-corrected chi connectivity index (χ3v) is 5.11. The molecule has 2 heterocycles. The number of nitrogens with one attached hydrogen (secondary N) is 1. The van der Waals surface area contributed by atoms with Crippen molar-refractivity contribution < 1.29 is 23.5 Å². The van der Waals surface area contributed by atoms with Crippen LogP contribution in [0.2, 0.25) is 5.02 Å². The molecule has 1 aliphatic rings. The average molecular weight is 439 g/mol. The molecule has 7 nitrogen and oxygen atoms in total. The number of amides is 2. The van der Waals surface area contributed by atoms with E-state index in [2.05, 4.69) is 5.32 Å². The van der Waals surface area contributed by atoms with E-state index in [-0.39, 0.29) is 17.8 Å². The van der Waals surface area contributed by atoms with Crippen molar-refractivity contribution in [2.75, 3.05) is 19.5 Å². The van der Waals surface area contributed by atoms with Crippen molar-refractivity contribution in [2.24, 2.45) is 0 Å². The normalized spacial score (nSPS) is 13.7. The highest BCUT2D eigenvalue weighted by molar-refractivity contribution is 6.36. The zero-order valence-electron chi connectivity index (χ0n) is 16.8. The average Bonchev–Trinajstić information content (AvgIpc) is 3.37. The van der Waals surface area contributed by atoms with Gasteiger partial charge in [-0.3, -0.25) is 14.5 Å². The molecule has 0 atom stereocenters. The van der Waals surface area contributed by atoms with Crippen LogP contribution >= 0.6 is 11.6 Å². The van der Waals surface area contributed by atoms with Crippen molar-refractivity contribution in [1.29, 1.82) is 0 Å². The van der Waals surface area contributed by atoms with Crippen molar-refractivity contribution in [2.45, 2.75) is 6.54 Å². The van der Waals surface area contributed by atoms with E-state index in [1.165, 1.54) is 13.4 Å². The molecule has 2 aromatic carbocycles. The molecular formula is C23H19ClN2O5. The maximum Gasteiger partial charge on any atom is 0.278 e. The van der Waals surface area contributed by atoms with Crippen LogP contribution in [0.4, 0.5) is 5.69 Å². The minimum Gasteiger partial charge on any atom is -0.497 e. The van der Waals surface area contributed by atoms with Crippen LogP contribution in [0.1, 0.15) is 11.3 Å². The van der Waals surface area contributed by atoms with E-state index in [9.17, 15) is 9.59 Å². The predicted molar refractivity (Wildman–Crippen MR) is 116 cm³/mol. The number of carbonyl (C=O) groups excluding carboxylic acids is 2. The maximum atomic E-state index is 13.3. The molecular weight excluding hydrogens is 420 g/mol. The standard InChI is InChI=1S/C23H19ClN2O5/c1-29-16-9-10-19(30-2)18(12-16)25-21-20(14-5-7-15(24)8-6-14)22(27)26(23(21)28)13-17-4-3-11-31-17/h3-12,25H,13H2,1-2H3. The number of anilines is 1. The molecule has 4 rings (SSSR count). The van der Waals surface area contributed by atoms with Gasteiger partial charge in [-0.1, -0.05) is 23.7 Å². The summed E-state index contributed by atoms with van der Waals surface area (Å²) in [6.45, 7) is 0.0161. The van der Waals surface area contributed by atoms with E-state index in [1.54, 1.807) is 61.7 Å². The number of hydrogen-bond donors (Lipinski definition) is 1. The van der Waals surface area contributed by atoms with Gasteiger partial charge in [0, 0.05) is 11.1 Å². The van der Waals surface area contributed by atoms with E-state index in [0.717, 1.165) is 4.90 Å². The summed E-state index contributed by atoms with van der Waals surface area (Å²) in [5.41, 5.74) is 1.42. The highest BCUT2D eigenvalue weighted by Gasteiger charge is 2.40. The Balaban J connectivity index is 1.79. The van der Waals surface area contributed by atoms with E-state index < -0.39 is 11.8 Å². The number of nitrogens with zero attached hydrogens (tertiary/aromatic N) is 1. The first kappa shape index (κ1) is 20.6. The van der Waals surface area contributed by atoms with E-state index in [1.807, 2.05) is 0 Å². The fraction of sp³-hybridized carbons (Fsp3) is 0.130. The molecule has 0 radical (unpaired) electrons. The lowest BCUT2D eigenvalue weighted by molar-refractivity contribution is -0.137. The highest BCUT2D eigenvalue weighted by Crippen LogP contribution is 2.36. The Morgan fingerprint density at radius 1 is 1.00 bits per heavy atom. The van der Waals surface area contributed by atoms with Gasteiger partial charge in [-0.15, -0.1) is 0 Å². The van der Waals surface area contributed by atoms with Crippen LogP contribution in [-0.2, 0) is 16.1 Å². The summed E-state index contributed by atoms with van der Waals surface area (Å²) in [5, 5.41) is 3.61. The van der Waals surface area contributed by atoms with Gasteiger partial charge in [0.1, 0.15) is 23.0 Å². The van der Waals surface area contributed by atoms with Crippen molar-refractivity contribution in [3.8, 4) is 11.5 Å². The Hall–Kier alpha value is -3.71. The molecule has 1 aliphatic heterocycles. The summed E-state index contributed by atoms with van der Waals surface area (Å²) in [6.07, 6.45) is 1.49. The zero-order chi connectivity index (χ0) is 22.0. The van der Waals surface area contributed by atoms with Crippen molar-refractivity contribution in [1.82, 2.24) is 4.90 Å². The maximum absolute atomic E-state index is 13.3. The minimum atomic E-state index is -0.476. The third kappa shape index (κ3) is 4.00. The number of rotatable bonds is 7. The Labute approximate surface area is 183 Å². The number of ether oxygens (including phenoxy) is 2. The van der Waals surface area contributed by atoms with Crippen LogP contribution < -0.4 is 14.8 Å². The van der Waals surface area contributed by atoms with Gasteiger partial charge in [-0.25, -0.2) is 0 Å². The number of halogens is 1. The summed E-state index contributed by atoms with van der Waals surface area (Å²) in [5.74, 6) is 0.649. The Kier molecular flexibility index (Phi) is 5.68. The van der Waals surface area contributed by atoms with Gasteiger partial charge >= 0.3 is 0 Å². The molecule has 0 bridgehead atoms. The van der Waals surface area contributed by atoms with Gasteiger partial charge in [0.15, 0.2) is 0 Å². The lowest BCUT2D eigenvalue weighted by atomic mass is 10.0. The molecule has 158 valence electrons. The van der Waals surface area contributed by atoms with Gasteiger partial charge in [-0.2, -0.15) is 0 Å². The van der Waals surface area contributed by atoms with Crippen LogP contribution in [0.3, 0.4) is 0 Å². The van der Waals surface area contributed by atoms with E-state index >= 15 is 0 Å². The third-order valence-electron chi connectivity index (χ3n) is 4.86. The van der Waals surface area contributed by atoms with Gasteiger partial charge in [-0.05, 0) is 42.0 Å². The molecule has 1 aromatic heterocycles. The summed E-state index contributed by atoms with van der Waals surface area (Å²) in [6, 6.07) is 15.3. The Morgan fingerprint density at radius 2 is 1.77 bits per heavy atom. The van der Waals surface area contributed by atoms with Gasteiger partial charge in [0.25, 0.3) is 11.8 Å². The number of imide groups is 1.